The van der Waals surface area contributed by atoms with E-state index in [-0.39, 0.29) is 6.04 Å². The van der Waals surface area contributed by atoms with E-state index in [0.717, 1.165) is 11.3 Å². The highest BCUT2D eigenvalue weighted by Gasteiger charge is 2.12. The Kier molecular flexibility index (Phi) is 4.02. The lowest BCUT2D eigenvalue weighted by Crippen LogP contribution is -2.10. The van der Waals surface area contributed by atoms with Gasteiger partial charge in [0.15, 0.2) is 0 Å². The van der Waals surface area contributed by atoms with Gasteiger partial charge in [0.05, 0.1) is 11.3 Å². The molecule has 1 N–H and O–H groups in total. The van der Waals surface area contributed by atoms with E-state index in [1.807, 2.05) is 26.0 Å². The van der Waals surface area contributed by atoms with E-state index < -0.39 is 0 Å². The minimum Gasteiger partial charge on any atom is -0.416 e. The van der Waals surface area contributed by atoms with Crippen LogP contribution in [0.5, 0.6) is 0 Å². The Morgan fingerprint density at radius 3 is 2.39 bits per heavy atom. The number of nitrogens with zero attached hydrogens (tertiary/aromatic N) is 4. The SMILES string of the molecule is CC(C)Nc1ccc(-c2nnc(-c3ccncc3)o2)cc1C#N. The maximum absolute atomic E-state index is 9.32. The predicted octanol–water partition coefficient (Wildman–Crippen LogP) is 3.49. The van der Waals surface area contributed by atoms with Crippen molar-refractivity contribution in [2.24, 2.45) is 0 Å². The number of pyridine rings is 1. The first kappa shape index (κ1) is 14.7. The molecular formula is C17H15N5O. The molecule has 6 nitrogen and oxygen atoms in total. The number of hydrogen-bond donors (Lipinski definition) is 1. The van der Waals surface area contributed by atoms with Crippen molar-refractivity contribution in [3.8, 4) is 29.0 Å². The lowest BCUT2D eigenvalue weighted by atomic mass is 10.1. The lowest BCUT2D eigenvalue weighted by Gasteiger charge is -2.11. The molecule has 0 aliphatic heterocycles. The van der Waals surface area contributed by atoms with Gasteiger partial charge in [0.1, 0.15) is 6.07 Å². The predicted molar refractivity (Wildman–Crippen MR) is 86.4 cm³/mol. The summed E-state index contributed by atoms with van der Waals surface area (Å²) >= 11 is 0. The average molecular weight is 305 g/mol. The van der Waals surface area contributed by atoms with E-state index in [1.54, 1.807) is 30.6 Å². The quantitative estimate of drug-likeness (QED) is 0.793. The Labute approximate surface area is 133 Å². The average Bonchev–Trinajstić information content (AvgIpc) is 3.05. The Morgan fingerprint density at radius 1 is 1.04 bits per heavy atom. The molecule has 3 rings (SSSR count). The van der Waals surface area contributed by atoms with Gasteiger partial charge in [-0.05, 0) is 44.2 Å². The van der Waals surface area contributed by atoms with Crippen LogP contribution in [0.15, 0.2) is 47.1 Å². The van der Waals surface area contributed by atoms with Gasteiger partial charge in [-0.1, -0.05) is 0 Å². The molecule has 0 unspecified atom stereocenters. The molecule has 0 amide bonds. The topological polar surface area (TPSA) is 87.6 Å². The first-order valence-electron chi connectivity index (χ1n) is 7.22. The van der Waals surface area contributed by atoms with Gasteiger partial charge in [-0.3, -0.25) is 4.98 Å². The van der Waals surface area contributed by atoms with Crippen LogP contribution in [0.4, 0.5) is 5.69 Å². The van der Waals surface area contributed by atoms with Crippen LogP contribution in [-0.4, -0.2) is 21.2 Å². The summed E-state index contributed by atoms with van der Waals surface area (Å²) in [7, 11) is 0. The molecule has 0 aliphatic carbocycles. The Hall–Kier alpha value is -3.20. The fraction of sp³-hybridized carbons (Fsp3) is 0.176. The van der Waals surface area contributed by atoms with Gasteiger partial charge < -0.3 is 9.73 Å². The summed E-state index contributed by atoms with van der Waals surface area (Å²) in [5, 5.41) is 20.7. The maximum atomic E-state index is 9.32. The largest absolute Gasteiger partial charge is 0.416 e. The molecule has 1 aromatic carbocycles. The number of nitriles is 1. The fourth-order valence-electron chi connectivity index (χ4n) is 2.16. The third kappa shape index (κ3) is 3.19. The number of aromatic nitrogens is 3. The molecule has 0 atom stereocenters. The summed E-state index contributed by atoms with van der Waals surface area (Å²) in [4.78, 5) is 3.96. The molecule has 2 aromatic heterocycles. The minimum atomic E-state index is 0.245. The van der Waals surface area contributed by atoms with Crippen LogP contribution >= 0.6 is 0 Å². The van der Waals surface area contributed by atoms with Crippen molar-refractivity contribution in [2.75, 3.05) is 5.32 Å². The summed E-state index contributed by atoms with van der Waals surface area (Å²) in [5.74, 6) is 0.801. The summed E-state index contributed by atoms with van der Waals surface area (Å²) in [6.45, 7) is 4.04. The number of benzene rings is 1. The summed E-state index contributed by atoms with van der Waals surface area (Å²) in [5.41, 5.74) is 2.85. The Bertz CT molecular complexity index is 849. The molecule has 0 spiro atoms. The molecule has 23 heavy (non-hydrogen) atoms. The monoisotopic (exact) mass is 305 g/mol. The van der Waals surface area contributed by atoms with Gasteiger partial charge in [0.25, 0.3) is 0 Å². The lowest BCUT2D eigenvalue weighted by molar-refractivity contribution is 0.584. The Morgan fingerprint density at radius 2 is 1.74 bits per heavy atom. The molecule has 0 bridgehead atoms. The molecule has 0 saturated carbocycles. The van der Waals surface area contributed by atoms with E-state index in [1.165, 1.54) is 0 Å². The second kappa shape index (κ2) is 6.28. The second-order valence-corrected chi connectivity index (χ2v) is 5.32. The van der Waals surface area contributed by atoms with Gasteiger partial charge >= 0.3 is 0 Å². The third-order valence-corrected chi connectivity index (χ3v) is 3.18. The highest BCUT2D eigenvalue weighted by Crippen LogP contribution is 2.27. The summed E-state index contributed by atoms with van der Waals surface area (Å²) < 4.78 is 5.70. The number of rotatable bonds is 4. The molecule has 2 heterocycles. The first-order chi connectivity index (χ1) is 11.2. The van der Waals surface area contributed by atoms with Crippen molar-refractivity contribution in [2.45, 2.75) is 19.9 Å². The molecular weight excluding hydrogens is 290 g/mol. The van der Waals surface area contributed by atoms with Crippen molar-refractivity contribution in [1.29, 1.82) is 5.26 Å². The van der Waals surface area contributed by atoms with Crippen LogP contribution in [-0.2, 0) is 0 Å². The van der Waals surface area contributed by atoms with Crippen LogP contribution < -0.4 is 5.32 Å². The number of anilines is 1. The highest BCUT2D eigenvalue weighted by atomic mass is 16.4. The second-order valence-electron chi connectivity index (χ2n) is 5.32. The normalized spacial score (nSPS) is 10.5. The van der Waals surface area contributed by atoms with Crippen LogP contribution in [0, 0.1) is 11.3 Å². The van der Waals surface area contributed by atoms with E-state index in [9.17, 15) is 5.26 Å². The molecule has 0 radical (unpaired) electrons. The molecule has 114 valence electrons. The molecule has 0 saturated heterocycles. The maximum Gasteiger partial charge on any atom is 0.248 e. The zero-order valence-electron chi connectivity index (χ0n) is 12.8. The van der Waals surface area contributed by atoms with Gasteiger partial charge in [-0.25, -0.2) is 0 Å². The van der Waals surface area contributed by atoms with E-state index in [4.69, 9.17) is 4.42 Å². The zero-order chi connectivity index (χ0) is 16.2. The van der Waals surface area contributed by atoms with Crippen LogP contribution in [0.2, 0.25) is 0 Å². The van der Waals surface area contributed by atoms with Gasteiger partial charge in [-0.2, -0.15) is 5.26 Å². The van der Waals surface area contributed by atoms with Crippen LogP contribution in [0.3, 0.4) is 0 Å². The van der Waals surface area contributed by atoms with E-state index in [2.05, 4.69) is 26.6 Å². The summed E-state index contributed by atoms with van der Waals surface area (Å²) in [6, 6.07) is 11.5. The summed E-state index contributed by atoms with van der Waals surface area (Å²) in [6.07, 6.45) is 3.33. The molecule has 0 aliphatic rings. The van der Waals surface area contributed by atoms with Crippen LogP contribution in [0.1, 0.15) is 19.4 Å². The molecule has 6 heteroatoms. The minimum absolute atomic E-state index is 0.245. The number of nitrogens with one attached hydrogen (secondary N) is 1. The van der Waals surface area contributed by atoms with Crippen molar-refractivity contribution < 1.29 is 4.42 Å². The van der Waals surface area contributed by atoms with Crippen molar-refractivity contribution >= 4 is 5.69 Å². The number of hydrogen-bond acceptors (Lipinski definition) is 6. The molecule has 0 fully saturated rings. The standard InChI is InChI=1S/C17H15N5O/c1-11(2)20-15-4-3-13(9-14(15)10-18)17-22-21-16(23-17)12-5-7-19-8-6-12/h3-9,11,20H,1-2H3. The molecule has 3 aromatic rings. The van der Waals surface area contributed by atoms with E-state index >= 15 is 0 Å². The first-order valence-corrected chi connectivity index (χ1v) is 7.22. The van der Waals surface area contributed by atoms with Crippen molar-refractivity contribution in [3.05, 3.63) is 48.3 Å². The van der Waals surface area contributed by atoms with Gasteiger partial charge in [-0.15, -0.1) is 10.2 Å². The Balaban J connectivity index is 1.94. The zero-order valence-corrected chi connectivity index (χ0v) is 12.8. The van der Waals surface area contributed by atoms with Crippen molar-refractivity contribution in [1.82, 2.24) is 15.2 Å². The van der Waals surface area contributed by atoms with E-state index in [0.29, 0.717) is 22.9 Å². The fourth-order valence-corrected chi connectivity index (χ4v) is 2.16. The van der Waals surface area contributed by atoms with Crippen molar-refractivity contribution in [3.63, 3.8) is 0 Å². The smallest absolute Gasteiger partial charge is 0.248 e. The highest BCUT2D eigenvalue weighted by molar-refractivity contribution is 5.67. The third-order valence-electron chi connectivity index (χ3n) is 3.18. The van der Waals surface area contributed by atoms with Crippen LogP contribution in [0.25, 0.3) is 22.9 Å². The van der Waals surface area contributed by atoms with Gasteiger partial charge in [0, 0.05) is 29.6 Å². The van der Waals surface area contributed by atoms with Gasteiger partial charge in [0.2, 0.25) is 11.8 Å².